The number of carbonyl (C=O) groups excluding carboxylic acids is 1. The molecule has 1 amide bonds. The van der Waals surface area contributed by atoms with Crippen LogP contribution in [0.3, 0.4) is 0 Å². The van der Waals surface area contributed by atoms with Gasteiger partial charge in [0.2, 0.25) is 9.70 Å². The Kier molecular flexibility index (Phi) is 8.13. The minimum absolute atomic E-state index is 0.220. The summed E-state index contributed by atoms with van der Waals surface area (Å²) in [6.45, 7) is 3.93. The zero-order chi connectivity index (χ0) is 20.7. The second-order valence-electron chi connectivity index (χ2n) is 6.14. The molecule has 0 saturated carbocycles. The average Bonchev–Trinajstić information content (AvgIpc) is 2.62. The van der Waals surface area contributed by atoms with E-state index in [9.17, 15) is 4.79 Å². The molecule has 0 spiro atoms. The van der Waals surface area contributed by atoms with E-state index in [0.717, 1.165) is 22.4 Å². The Bertz CT molecular complexity index is 867. The van der Waals surface area contributed by atoms with Crippen LogP contribution in [0, 0.1) is 13.8 Å². The van der Waals surface area contributed by atoms with Crippen molar-refractivity contribution in [3.63, 3.8) is 0 Å². The van der Waals surface area contributed by atoms with E-state index in [-0.39, 0.29) is 5.11 Å². The maximum absolute atomic E-state index is 12.2. The number of carbonyl (C=O) groups is 1. The molecule has 4 nitrogen and oxygen atoms in total. The van der Waals surface area contributed by atoms with Crippen molar-refractivity contribution >= 4 is 69.8 Å². The Morgan fingerprint density at radius 3 is 2.39 bits per heavy atom. The summed E-state index contributed by atoms with van der Waals surface area (Å²) in [7, 11) is 0. The number of aryl methyl sites for hydroxylation is 2. The highest BCUT2D eigenvalue weighted by atomic mass is 35.6. The van der Waals surface area contributed by atoms with E-state index in [1.165, 1.54) is 6.08 Å². The predicted molar refractivity (Wildman–Crippen MR) is 123 cm³/mol. The van der Waals surface area contributed by atoms with Crippen LogP contribution in [0.15, 0.2) is 54.6 Å². The standard InChI is InChI=1S/C20H20Cl3N3OS/c1-13-8-9-14(2)16(12-13)24-19(28)26-18(20(21,22)23)25-17(27)11-10-15-6-4-3-5-7-15/h3-12,18H,1-2H3,(H,25,27)(H2,24,26,28)/b11-10-/t18-/m1/s1. The molecular weight excluding hydrogens is 437 g/mol. The van der Waals surface area contributed by atoms with Gasteiger partial charge in [-0.2, -0.15) is 0 Å². The van der Waals surface area contributed by atoms with Gasteiger partial charge in [0.15, 0.2) is 5.11 Å². The highest BCUT2D eigenvalue weighted by Crippen LogP contribution is 2.29. The molecule has 2 aromatic rings. The van der Waals surface area contributed by atoms with E-state index < -0.39 is 15.9 Å². The minimum Gasteiger partial charge on any atom is -0.339 e. The Morgan fingerprint density at radius 1 is 1.07 bits per heavy atom. The molecule has 0 bridgehead atoms. The van der Waals surface area contributed by atoms with Crippen molar-refractivity contribution in [3.8, 4) is 0 Å². The molecule has 1 atom stereocenters. The lowest BCUT2D eigenvalue weighted by Crippen LogP contribution is -2.55. The lowest BCUT2D eigenvalue weighted by atomic mass is 10.1. The summed E-state index contributed by atoms with van der Waals surface area (Å²) in [6, 6.07) is 15.3. The average molecular weight is 457 g/mol. The molecule has 2 aromatic carbocycles. The van der Waals surface area contributed by atoms with Crippen molar-refractivity contribution in [1.82, 2.24) is 10.6 Å². The van der Waals surface area contributed by atoms with Crippen LogP contribution in [0.2, 0.25) is 0 Å². The van der Waals surface area contributed by atoms with Crippen molar-refractivity contribution in [2.75, 3.05) is 5.32 Å². The number of amides is 1. The van der Waals surface area contributed by atoms with Gasteiger partial charge in [0.25, 0.3) is 0 Å². The fraction of sp³-hybridized carbons (Fsp3) is 0.200. The van der Waals surface area contributed by atoms with Crippen LogP contribution in [0.5, 0.6) is 0 Å². The first-order valence-electron chi connectivity index (χ1n) is 8.40. The molecule has 0 aliphatic carbocycles. The van der Waals surface area contributed by atoms with Crippen LogP contribution in [0.4, 0.5) is 5.69 Å². The zero-order valence-electron chi connectivity index (χ0n) is 15.3. The highest BCUT2D eigenvalue weighted by molar-refractivity contribution is 7.80. The van der Waals surface area contributed by atoms with Gasteiger partial charge in [-0.15, -0.1) is 0 Å². The van der Waals surface area contributed by atoms with E-state index in [2.05, 4.69) is 16.0 Å². The number of anilines is 1. The van der Waals surface area contributed by atoms with Gasteiger partial charge in [-0.05, 0) is 54.9 Å². The van der Waals surface area contributed by atoms with E-state index in [1.807, 2.05) is 62.4 Å². The highest BCUT2D eigenvalue weighted by Gasteiger charge is 2.34. The van der Waals surface area contributed by atoms with E-state index >= 15 is 0 Å². The zero-order valence-corrected chi connectivity index (χ0v) is 18.4. The fourth-order valence-electron chi connectivity index (χ4n) is 2.29. The molecule has 0 aliphatic heterocycles. The number of alkyl halides is 3. The van der Waals surface area contributed by atoms with Crippen LogP contribution < -0.4 is 16.0 Å². The first kappa shape index (κ1) is 22.5. The summed E-state index contributed by atoms with van der Waals surface area (Å²) in [6.07, 6.45) is 1.99. The summed E-state index contributed by atoms with van der Waals surface area (Å²) in [5.74, 6) is -0.429. The van der Waals surface area contributed by atoms with Gasteiger partial charge in [-0.25, -0.2) is 0 Å². The molecule has 0 aliphatic rings. The second kappa shape index (κ2) is 10.1. The molecule has 0 unspecified atom stereocenters. The molecule has 0 fully saturated rings. The van der Waals surface area contributed by atoms with Gasteiger partial charge in [0.1, 0.15) is 6.17 Å². The maximum atomic E-state index is 12.2. The van der Waals surface area contributed by atoms with Crippen molar-refractivity contribution < 1.29 is 4.79 Å². The number of benzene rings is 2. The molecule has 0 heterocycles. The molecular formula is C20H20Cl3N3OS. The van der Waals surface area contributed by atoms with Crippen molar-refractivity contribution in [2.45, 2.75) is 23.8 Å². The Balaban J connectivity index is 2.03. The topological polar surface area (TPSA) is 53.2 Å². The van der Waals surface area contributed by atoms with Crippen molar-refractivity contribution in [1.29, 1.82) is 0 Å². The summed E-state index contributed by atoms with van der Waals surface area (Å²) in [5, 5.41) is 8.73. The van der Waals surface area contributed by atoms with Gasteiger partial charge in [-0.1, -0.05) is 77.3 Å². The lowest BCUT2D eigenvalue weighted by Gasteiger charge is -2.27. The lowest BCUT2D eigenvalue weighted by molar-refractivity contribution is -0.117. The van der Waals surface area contributed by atoms with Crippen LogP contribution in [-0.4, -0.2) is 21.0 Å². The third kappa shape index (κ3) is 7.32. The molecule has 0 saturated heterocycles. The quantitative estimate of drug-likeness (QED) is 0.253. The largest absolute Gasteiger partial charge is 0.339 e. The van der Waals surface area contributed by atoms with Crippen molar-refractivity contribution in [2.24, 2.45) is 0 Å². The first-order valence-corrected chi connectivity index (χ1v) is 9.94. The fourth-order valence-corrected chi connectivity index (χ4v) is 2.84. The predicted octanol–water partition coefficient (Wildman–Crippen LogP) is 5.12. The van der Waals surface area contributed by atoms with Gasteiger partial charge in [-0.3, -0.25) is 4.79 Å². The van der Waals surface area contributed by atoms with Crippen LogP contribution in [0.25, 0.3) is 6.08 Å². The summed E-state index contributed by atoms with van der Waals surface area (Å²) in [4.78, 5) is 12.2. The Hall–Kier alpha value is -1.79. The maximum Gasteiger partial charge on any atom is 0.245 e. The Labute approximate surface area is 185 Å². The van der Waals surface area contributed by atoms with Gasteiger partial charge < -0.3 is 16.0 Å². The number of nitrogens with one attached hydrogen (secondary N) is 3. The smallest absolute Gasteiger partial charge is 0.245 e. The molecule has 28 heavy (non-hydrogen) atoms. The number of rotatable bonds is 5. The molecule has 148 valence electrons. The van der Waals surface area contributed by atoms with E-state index in [4.69, 9.17) is 47.0 Å². The SMILES string of the molecule is Cc1ccc(C)c(NC(=S)N[C@@H](NC(=O)/C=C\c2ccccc2)C(Cl)(Cl)Cl)c1. The third-order valence-electron chi connectivity index (χ3n) is 3.76. The first-order chi connectivity index (χ1) is 13.1. The normalized spacial score (nSPS) is 12.5. The molecule has 2 rings (SSSR count). The van der Waals surface area contributed by atoms with E-state index in [1.54, 1.807) is 6.08 Å². The molecule has 0 radical (unpaired) electrons. The monoisotopic (exact) mass is 455 g/mol. The van der Waals surface area contributed by atoms with E-state index in [0.29, 0.717) is 0 Å². The number of hydrogen-bond donors (Lipinski definition) is 3. The summed E-state index contributed by atoms with van der Waals surface area (Å²) in [5.41, 5.74) is 3.79. The number of hydrogen-bond acceptors (Lipinski definition) is 2. The summed E-state index contributed by atoms with van der Waals surface area (Å²) >= 11 is 23.3. The number of thiocarbonyl (C=S) groups is 1. The van der Waals surface area contributed by atoms with Crippen LogP contribution in [0.1, 0.15) is 16.7 Å². The van der Waals surface area contributed by atoms with Gasteiger partial charge in [0, 0.05) is 11.8 Å². The van der Waals surface area contributed by atoms with Gasteiger partial charge in [0.05, 0.1) is 0 Å². The second-order valence-corrected chi connectivity index (χ2v) is 8.92. The Morgan fingerprint density at radius 2 is 1.75 bits per heavy atom. The third-order valence-corrected chi connectivity index (χ3v) is 4.63. The molecule has 3 N–H and O–H groups in total. The van der Waals surface area contributed by atoms with Crippen LogP contribution in [-0.2, 0) is 4.79 Å². The molecule has 8 heteroatoms. The van der Waals surface area contributed by atoms with Crippen molar-refractivity contribution in [3.05, 3.63) is 71.3 Å². The van der Waals surface area contributed by atoms with Gasteiger partial charge >= 0.3 is 0 Å². The summed E-state index contributed by atoms with van der Waals surface area (Å²) < 4.78 is -1.82. The van der Waals surface area contributed by atoms with Crippen LogP contribution >= 0.6 is 47.0 Å². The minimum atomic E-state index is -1.82. The molecule has 0 aromatic heterocycles. The number of halogens is 3.